The molecule has 1 aliphatic rings. The summed E-state index contributed by atoms with van der Waals surface area (Å²) in [6.07, 6.45) is 5.99. The maximum absolute atomic E-state index is 6.21. The van der Waals surface area contributed by atoms with E-state index in [9.17, 15) is 0 Å². The summed E-state index contributed by atoms with van der Waals surface area (Å²) >= 11 is 5.53. The standard InChI is InChI=1S/C11H20ClNO/c1-10(7-12)8-14-9-11(13)5-3-2-4-6-11/h7H,2-6,8-9,13H2,1H3. The van der Waals surface area contributed by atoms with E-state index in [-0.39, 0.29) is 5.54 Å². The Hall–Kier alpha value is -0.0500. The van der Waals surface area contributed by atoms with Gasteiger partial charge in [-0.2, -0.15) is 0 Å². The summed E-state index contributed by atoms with van der Waals surface area (Å²) in [7, 11) is 0. The Morgan fingerprint density at radius 1 is 1.43 bits per heavy atom. The van der Waals surface area contributed by atoms with Crippen LogP contribution < -0.4 is 5.73 Å². The van der Waals surface area contributed by atoms with E-state index in [1.807, 2.05) is 6.92 Å². The lowest BCUT2D eigenvalue weighted by Crippen LogP contribution is -2.46. The van der Waals surface area contributed by atoms with Gasteiger partial charge in [-0.05, 0) is 25.3 Å². The average Bonchev–Trinajstić information content (AvgIpc) is 2.18. The van der Waals surface area contributed by atoms with E-state index < -0.39 is 0 Å². The van der Waals surface area contributed by atoms with Gasteiger partial charge in [-0.1, -0.05) is 30.9 Å². The first-order chi connectivity index (χ1) is 6.66. The molecular formula is C11H20ClNO. The van der Waals surface area contributed by atoms with Crippen LogP contribution in [0.5, 0.6) is 0 Å². The minimum atomic E-state index is -0.0785. The third-order valence-corrected chi connectivity index (χ3v) is 3.13. The van der Waals surface area contributed by atoms with E-state index in [1.165, 1.54) is 19.3 Å². The van der Waals surface area contributed by atoms with Crippen LogP contribution in [-0.4, -0.2) is 18.8 Å². The third-order valence-electron chi connectivity index (χ3n) is 2.75. The second-order valence-electron chi connectivity index (χ2n) is 4.37. The Morgan fingerprint density at radius 2 is 2.07 bits per heavy atom. The molecule has 1 fully saturated rings. The van der Waals surface area contributed by atoms with Crippen LogP contribution >= 0.6 is 11.6 Å². The van der Waals surface area contributed by atoms with E-state index in [0.717, 1.165) is 18.4 Å². The third kappa shape index (κ3) is 3.99. The van der Waals surface area contributed by atoms with Crippen molar-refractivity contribution in [2.75, 3.05) is 13.2 Å². The van der Waals surface area contributed by atoms with Crippen LogP contribution in [0.4, 0.5) is 0 Å². The lowest BCUT2D eigenvalue weighted by molar-refractivity contribution is 0.0819. The zero-order valence-electron chi connectivity index (χ0n) is 8.89. The topological polar surface area (TPSA) is 35.2 Å². The van der Waals surface area contributed by atoms with Crippen LogP contribution in [0.25, 0.3) is 0 Å². The molecule has 14 heavy (non-hydrogen) atoms. The van der Waals surface area contributed by atoms with E-state index in [2.05, 4.69) is 0 Å². The minimum absolute atomic E-state index is 0.0785. The lowest BCUT2D eigenvalue weighted by Gasteiger charge is -2.33. The molecule has 1 saturated carbocycles. The maximum Gasteiger partial charge on any atom is 0.0686 e. The molecule has 0 aliphatic heterocycles. The summed E-state index contributed by atoms with van der Waals surface area (Å²) in [4.78, 5) is 0. The Morgan fingerprint density at radius 3 is 2.64 bits per heavy atom. The lowest BCUT2D eigenvalue weighted by atomic mass is 9.83. The fraction of sp³-hybridized carbons (Fsp3) is 0.818. The first-order valence-electron chi connectivity index (χ1n) is 5.29. The molecule has 0 radical (unpaired) electrons. The number of ether oxygens (including phenoxy) is 1. The van der Waals surface area contributed by atoms with Gasteiger partial charge in [0.1, 0.15) is 0 Å². The molecule has 0 spiro atoms. The molecule has 0 bridgehead atoms. The summed E-state index contributed by atoms with van der Waals surface area (Å²) in [5, 5.41) is 0. The molecule has 0 aromatic rings. The predicted molar refractivity (Wildman–Crippen MR) is 60.4 cm³/mol. The van der Waals surface area contributed by atoms with Gasteiger partial charge in [0.2, 0.25) is 0 Å². The second kappa shape index (κ2) is 5.74. The number of halogens is 1. The number of rotatable bonds is 4. The molecule has 82 valence electrons. The second-order valence-corrected chi connectivity index (χ2v) is 4.59. The largest absolute Gasteiger partial charge is 0.375 e. The van der Waals surface area contributed by atoms with Gasteiger partial charge in [0, 0.05) is 11.1 Å². The monoisotopic (exact) mass is 217 g/mol. The molecule has 0 heterocycles. The summed E-state index contributed by atoms with van der Waals surface area (Å²) in [6, 6.07) is 0. The Labute approximate surface area is 91.4 Å². The molecule has 3 heteroatoms. The molecule has 2 N–H and O–H groups in total. The molecule has 1 rings (SSSR count). The highest BCUT2D eigenvalue weighted by Gasteiger charge is 2.27. The highest BCUT2D eigenvalue weighted by atomic mass is 35.5. The summed E-state index contributed by atoms with van der Waals surface area (Å²) < 4.78 is 5.55. The minimum Gasteiger partial charge on any atom is -0.375 e. The van der Waals surface area contributed by atoms with Crippen molar-refractivity contribution >= 4 is 11.6 Å². The number of hydrogen-bond acceptors (Lipinski definition) is 2. The molecule has 0 atom stereocenters. The molecule has 2 nitrogen and oxygen atoms in total. The van der Waals surface area contributed by atoms with Gasteiger partial charge in [-0.15, -0.1) is 0 Å². The van der Waals surface area contributed by atoms with Crippen molar-refractivity contribution < 1.29 is 4.74 Å². The van der Waals surface area contributed by atoms with Gasteiger partial charge in [-0.3, -0.25) is 0 Å². The zero-order valence-corrected chi connectivity index (χ0v) is 9.65. The van der Waals surface area contributed by atoms with Crippen molar-refractivity contribution in [2.45, 2.75) is 44.6 Å². The highest BCUT2D eigenvalue weighted by molar-refractivity contribution is 6.25. The quantitative estimate of drug-likeness (QED) is 0.786. The predicted octanol–water partition coefficient (Wildman–Crippen LogP) is 2.81. The van der Waals surface area contributed by atoms with Gasteiger partial charge in [-0.25, -0.2) is 0 Å². The van der Waals surface area contributed by atoms with Crippen LogP contribution in [0, 0.1) is 0 Å². The number of nitrogens with two attached hydrogens (primary N) is 1. The molecule has 1 aliphatic carbocycles. The van der Waals surface area contributed by atoms with Crippen LogP contribution in [0.3, 0.4) is 0 Å². The van der Waals surface area contributed by atoms with Gasteiger partial charge in [0.25, 0.3) is 0 Å². The van der Waals surface area contributed by atoms with Crippen molar-refractivity contribution in [3.63, 3.8) is 0 Å². The zero-order chi connectivity index (χ0) is 10.4. The van der Waals surface area contributed by atoms with E-state index in [1.54, 1.807) is 5.54 Å². The molecular weight excluding hydrogens is 198 g/mol. The van der Waals surface area contributed by atoms with Crippen molar-refractivity contribution in [2.24, 2.45) is 5.73 Å². The first kappa shape index (κ1) is 12.0. The van der Waals surface area contributed by atoms with Crippen molar-refractivity contribution in [3.05, 3.63) is 11.1 Å². The van der Waals surface area contributed by atoms with E-state index >= 15 is 0 Å². The Bertz CT molecular complexity index is 197. The van der Waals surface area contributed by atoms with Crippen molar-refractivity contribution in [3.8, 4) is 0 Å². The first-order valence-corrected chi connectivity index (χ1v) is 5.72. The Balaban J connectivity index is 2.22. The summed E-state index contributed by atoms with van der Waals surface area (Å²) in [6.45, 7) is 3.22. The fourth-order valence-electron chi connectivity index (χ4n) is 1.85. The van der Waals surface area contributed by atoms with Crippen molar-refractivity contribution in [1.29, 1.82) is 0 Å². The normalized spacial score (nSPS) is 22.4. The number of hydrogen-bond donors (Lipinski definition) is 1. The van der Waals surface area contributed by atoms with Crippen LogP contribution in [0.2, 0.25) is 0 Å². The van der Waals surface area contributed by atoms with Gasteiger partial charge in [0.15, 0.2) is 0 Å². The van der Waals surface area contributed by atoms with Crippen LogP contribution in [0.15, 0.2) is 11.1 Å². The molecule has 0 saturated heterocycles. The van der Waals surface area contributed by atoms with E-state index in [0.29, 0.717) is 13.2 Å². The summed E-state index contributed by atoms with van der Waals surface area (Å²) in [5.41, 5.74) is 8.74. The maximum atomic E-state index is 6.21. The van der Waals surface area contributed by atoms with E-state index in [4.69, 9.17) is 22.1 Å². The van der Waals surface area contributed by atoms with Crippen LogP contribution in [-0.2, 0) is 4.74 Å². The average molecular weight is 218 g/mol. The molecule has 0 amide bonds. The SMILES string of the molecule is CC(=CCl)COCC1(N)CCCCC1. The molecule has 0 unspecified atom stereocenters. The summed E-state index contributed by atoms with van der Waals surface area (Å²) in [5.74, 6) is 0. The fourth-order valence-corrected chi connectivity index (χ4v) is 1.91. The highest BCUT2D eigenvalue weighted by Crippen LogP contribution is 2.26. The van der Waals surface area contributed by atoms with Crippen molar-refractivity contribution in [1.82, 2.24) is 0 Å². The van der Waals surface area contributed by atoms with Gasteiger partial charge < -0.3 is 10.5 Å². The Kier molecular flexibility index (Phi) is 4.93. The van der Waals surface area contributed by atoms with Crippen LogP contribution in [0.1, 0.15) is 39.0 Å². The smallest absolute Gasteiger partial charge is 0.0686 e. The molecule has 0 aromatic heterocycles. The van der Waals surface area contributed by atoms with Gasteiger partial charge in [0.05, 0.1) is 13.2 Å². The van der Waals surface area contributed by atoms with Gasteiger partial charge >= 0.3 is 0 Å². The molecule has 0 aromatic carbocycles.